The first-order chi connectivity index (χ1) is 13.5. The van der Waals surface area contributed by atoms with Gasteiger partial charge in [-0.05, 0) is 61.4 Å². The lowest BCUT2D eigenvalue weighted by Gasteiger charge is -2.32. The summed E-state index contributed by atoms with van der Waals surface area (Å²) >= 11 is 0. The zero-order valence-electron chi connectivity index (χ0n) is 17.0. The molecule has 1 aliphatic heterocycles. The molecule has 2 aromatic rings. The number of carbonyl (C=O) groups excluding carboxylic acids is 1. The highest BCUT2D eigenvalue weighted by molar-refractivity contribution is 5.69. The number of benzene rings is 2. The fourth-order valence-electron chi connectivity index (χ4n) is 3.47. The van der Waals surface area contributed by atoms with Crippen LogP contribution >= 0.6 is 0 Å². The van der Waals surface area contributed by atoms with E-state index in [2.05, 4.69) is 37.8 Å². The molecule has 2 aromatic carbocycles. The van der Waals surface area contributed by atoms with Crippen molar-refractivity contribution < 1.29 is 14.3 Å². The molecule has 0 amide bonds. The Kier molecular flexibility index (Phi) is 6.41. The largest absolute Gasteiger partial charge is 0.493 e. The average Bonchev–Trinajstić information content (AvgIpc) is 2.67. The van der Waals surface area contributed by atoms with Gasteiger partial charge < -0.3 is 9.47 Å². The number of hydrogen-bond donors (Lipinski definition) is 0. The maximum absolute atomic E-state index is 11.5. The van der Waals surface area contributed by atoms with Gasteiger partial charge in [-0.15, -0.1) is 0 Å². The molecule has 0 bridgehead atoms. The second kappa shape index (κ2) is 8.97. The van der Waals surface area contributed by atoms with E-state index in [0.717, 1.165) is 42.7 Å². The van der Waals surface area contributed by atoms with Crippen molar-refractivity contribution in [3.05, 3.63) is 64.7 Å². The monoisotopic (exact) mass is 376 g/mol. The van der Waals surface area contributed by atoms with Crippen molar-refractivity contribution in [3.63, 3.8) is 0 Å². The normalized spacial score (nSPS) is 14.2. The molecule has 28 heavy (non-hydrogen) atoms. The number of ether oxygens (including phenoxy) is 2. The molecule has 0 saturated heterocycles. The van der Waals surface area contributed by atoms with Gasteiger partial charge in [-0.1, -0.05) is 43.9 Å². The fraction of sp³-hybridized carbons (Fsp3) is 0.400. The van der Waals surface area contributed by atoms with Crippen molar-refractivity contribution in [2.24, 2.45) is 0 Å². The zero-order valence-corrected chi connectivity index (χ0v) is 17.0. The van der Waals surface area contributed by atoms with Crippen LogP contribution in [0, 0.1) is 11.8 Å². The van der Waals surface area contributed by atoms with E-state index < -0.39 is 0 Å². The average molecular weight is 376 g/mol. The zero-order chi connectivity index (χ0) is 20.0. The second-order valence-corrected chi connectivity index (χ2v) is 7.76. The quantitative estimate of drug-likeness (QED) is 0.542. The van der Waals surface area contributed by atoms with Gasteiger partial charge in [-0.3, -0.25) is 4.79 Å². The Bertz CT molecular complexity index is 899. The highest BCUT2D eigenvalue weighted by Gasteiger charge is 2.28. The van der Waals surface area contributed by atoms with Crippen LogP contribution in [0.3, 0.4) is 0 Å². The first-order valence-electron chi connectivity index (χ1n) is 10.0. The van der Waals surface area contributed by atoms with Gasteiger partial charge >= 0.3 is 5.97 Å². The first-order valence-corrected chi connectivity index (χ1v) is 10.0. The van der Waals surface area contributed by atoms with E-state index in [1.807, 2.05) is 37.3 Å². The summed E-state index contributed by atoms with van der Waals surface area (Å²) in [5.74, 6) is 7.47. The molecule has 0 radical (unpaired) electrons. The summed E-state index contributed by atoms with van der Waals surface area (Å²) in [5, 5.41) is 0. The van der Waals surface area contributed by atoms with Crippen LogP contribution in [0.1, 0.15) is 62.3 Å². The third kappa shape index (κ3) is 4.95. The maximum atomic E-state index is 11.5. The number of esters is 1. The van der Waals surface area contributed by atoms with E-state index >= 15 is 0 Å². The summed E-state index contributed by atoms with van der Waals surface area (Å²) in [6.45, 7) is 7.54. The number of fused-ring (bicyclic) bond motifs is 1. The molecule has 0 N–H and O–H groups in total. The Hall–Kier alpha value is -2.73. The molecule has 146 valence electrons. The summed E-state index contributed by atoms with van der Waals surface area (Å²) in [5.41, 5.74) is 4.52. The Labute approximate surface area is 168 Å². The van der Waals surface area contributed by atoms with Crippen LogP contribution in [0.5, 0.6) is 5.75 Å². The van der Waals surface area contributed by atoms with Gasteiger partial charge in [0, 0.05) is 23.1 Å². The Balaban J connectivity index is 1.75. The number of aryl methyl sites for hydroxylation is 1. The van der Waals surface area contributed by atoms with E-state index in [4.69, 9.17) is 9.47 Å². The van der Waals surface area contributed by atoms with E-state index in [1.165, 1.54) is 11.1 Å². The van der Waals surface area contributed by atoms with Crippen LogP contribution < -0.4 is 4.74 Å². The molecule has 1 aliphatic rings. The Morgan fingerprint density at radius 1 is 1.18 bits per heavy atom. The number of rotatable bonds is 5. The molecule has 0 atom stereocenters. The molecular weight excluding hydrogens is 348 g/mol. The van der Waals surface area contributed by atoms with Gasteiger partial charge in [0.2, 0.25) is 0 Å². The second-order valence-electron chi connectivity index (χ2n) is 7.76. The van der Waals surface area contributed by atoms with Gasteiger partial charge in [0.25, 0.3) is 0 Å². The van der Waals surface area contributed by atoms with Crippen molar-refractivity contribution in [1.29, 1.82) is 0 Å². The van der Waals surface area contributed by atoms with Crippen LogP contribution in [-0.2, 0) is 21.4 Å². The van der Waals surface area contributed by atoms with Gasteiger partial charge in [0.1, 0.15) is 5.75 Å². The van der Waals surface area contributed by atoms with Crippen molar-refractivity contribution >= 4 is 5.97 Å². The molecule has 0 aliphatic carbocycles. The summed E-state index contributed by atoms with van der Waals surface area (Å²) in [7, 11) is 0. The van der Waals surface area contributed by atoms with Crippen molar-refractivity contribution in [2.45, 2.75) is 51.9 Å². The predicted molar refractivity (Wildman–Crippen MR) is 112 cm³/mol. The van der Waals surface area contributed by atoms with Crippen LogP contribution in [-0.4, -0.2) is 19.2 Å². The summed E-state index contributed by atoms with van der Waals surface area (Å²) < 4.78 is 10.8. The molecule has 3 nitrogen and oxygen atoms in total. The Morgan fingerprint density at radius 2 is 2.00 bits per heavy atom. The van der Waals surface area contributed by atoms with E-state index in [1.54, 1.807) is 0 Å². The van der Waals surface area contributed by atoms with Gasteiger partial charge in [0.15, 0.2) is 0 Å². The fourth-order valence-corrected chi connectivity index (χ4v) is 3.47. The molecule has 3 heteroatoms. The topological polar surface area (TPSA) is 35.5 Å². The Morgan fingerprint density at radius 3 is 2.82 bits per heavy atom. The van der Waals surface area contributed by atoms with E-state index in [9.17, 15) is 4.79 Å². The maximum Gasteiger partial charge on any atom is 0.305 e. The smallest absolute Gasteiger partial charge is 0.305 e. The highest BCUT2D eigenvalue weighted by atomic mass is 16.5. The van der Waals surface area contributed by atoms with Crippen molar-refractivity contribution in [3.8, 4) is 17.6 Å². The minimum Gasteiger partial charge on any atom is -0.493 e. The third-order valence-corrected chi connectivity index (χ3v) is 5.18. The predicted octanol–water partition coefficient (Wildman–Crippen LogP) is 5.03. The lowest BCUT2D eigenvalue weighted by atomic mass is 9.79. The van der Waals surface area contributed by atoms with Crippen LogP contribution in [0.4, 0.5) is 0 Å². The summed E-state index contributed by atoms with van der Waals surface area (Å²) in [6.07, 6.45) is 3.03. The summed E-state index contributed by atoms with van der Waals surface area (Å²) in [6, 6.07) is 14.4. The van der Waals surface area contributed by atoms with Gasteiger partial charge in [-0.2, -0.15) is 0 Å². The minimum atomic E-state index is -0.134. The number of carbonyl (C=O) groups is 1. The van der Waals surface area contributed by atoms with Crippen LogP contribution in [0.25, 0.3) is 0 Å². The van der Waals surface area contributed by atoms with Gasteiger partial charge in [-0.25, -0.2) is 0 Å². The van der Waals surface area contributed by atoms with Gasteiger partial charge in [0.05, 0.1) is 13.2 Å². The minimum absolute atomic E-state index is 0.107. The molecule has 0 unspecified atom stereocenters. The van der Waals surface area contributed by atoms with E-state index in [0.29, 0.717) is 13.0 Å². The molecule has 0 spiro atoms. The molecule has 3 rings (SSSR count). The van der Waals surface area contributed by atoms with Crippen molar-refractivity contribution in [1.82, 2.24) is 0 Å². The molecular formula is C25H28O3. The lowest BCUT2D eigenvalue weighted by Crippen LogP contribution is -2.26. The highest BCUT2D eigenvalue weighted by Crippen LogP contribution is 2.38. The molecule has 0 aromatic heterocycles. The van der Waals surface area contributed by atoms with Crippen LogP contribution in [0.15, 0.2) is 42.5 Å². The van der Waals surface area contributed by atoms with Crippen LogP contribution in [0.2, 0.25) is 0 Å². The van der Waals surface area contributed by atoms with E-state index in [-0.39, 0.29) is 11.4 Å². The standard InChI is InChI=1S/C25H28O3/c1-4-27-24(26)11-7-10-20-8-5-6-9-21(20)14-12-19-13-15-23-22(18-19)25(2,3)16-17-28-23/h5-6,8-9,13,15,18H,4,7,10-11,16-17H2,1-3H3. The lowest BCUT2D eigenvalue weighted by molar-refractivity contribution is -0.143. The molecule has 0 fully saturated rings. The SMILES string of the molecule is CCOC(=O)CCCc1ccccc1C#Cc1ccc2c(c1)C(C)(C)CCO2. The molecule has 1 heterocycles. The number of hydrogen-bond acceptors (Lipinski definition) is 3. The molecule has 0 saturated carbocycles. The van der Waals surface area contributed by atoms with Crippen molar-refractivity contribution in [2.75, 3.05) is 13.2 Å². The third-order valence-electron chi connectivity index (χ3n) is 5.18. The summed E-state index contributed by atoms with van der Waals surface area (Å²) in [4.78, 5) is 11.5. The first kappa shape index (κ1) is 20.0.